The number of rotatable bonds is 2. The molecular weight excluding hydrogens is 241 g/mol. The first-order chi connectivity index (χ1) is 7.64. The van der Waals surface area contributed by atoms with Gasteiger partial charge in [-0.2, -0.15) is 13.2 Å². The van der Waals surface area contributed by atoms with E-state index in [0.717, 1.165) is 6.92 Å². The van der Waals surface area contributed by atoms with Crippen LogP contribution in [-0.4, -0.2) is 29.3 Å². The first-order valence-electron chi connectivity index (χ1n) is 4.81. The molecule has 0 N–H and O–H groups in total. The Morgan fingerprint density at radius 2 is 1.47 bits per heavy atom. The largest absolute Gasteiger partial charge is 0.450 e. The van der Waals surface area contributed by atoms with Crippen LogP contribution in [0.5, 0.6) is 0 Å². The number of hydrogen-bond acceptors (Lipinski definition) is 4. The summed E-state index contributed by atoms with van der Waals surface area (Å²) in [5.41, 5.74) is 0. The summed E-state index contributed by atoms with van der Waals surface area (Å²) in [6.07, 6.45) is -6.58. The van der Waals surface area contributed by atoms with Gasteiger partial charge in [-0.15, -0.1) is 0 Å². The lowest BCUT2D eigenvalue weighted by Gasteiger charge is -2.24. The molecule has 2 unspecified atom stereocenters. The van der Waals surface area contributed by atoms with Crippen molar-refractivity contribution in [3.63, 3.8) is 0 Å². The molecule has 17 heavy (non-hydrogen) atoms. The lowest BCUT2D eigenvalue weighted by atomic mass is 9.76. The molecule has 4 nitrogen and oxygen atoms in total. The van der Waals surface area contributed by atoms with Gasteiger partial charge >= 0.3 is 6.18 Å². The predicted molar refractivity (Wildman–Crippen MR) is 48.0 cm³/mol. The van der Waals surface area contributed by atoms with Gasteiger partial charge in [0.25, 0.3) is 0 Å². The van der Waals surface area contributed by atoms with Crippen molar-refractivity contribution in [2.75, 3.05) is 0 Å². The molecule has 1 aliphatic carbocycles. The quantitative estimate of drug-likeness (QED) is 0.682. The van der Waals surface area contributed by atoms with Crippen molar-refractivity contribution in [2.24, 2.45) is 11.8 Å². The van der Waals surface area contributed by atoms with Crippen LogP contribution in [0.4, 0.5) is 13.2 Å². The van der Waals surface area contributed by atoms with E-state index in [-0.39, 0.29) is 0 Å². The highest BCUT2D eigenvalue weighted by atomic mass is 19.4. The van der Waals surface area contributed by atoms with E-state index in [1.165, 1.54) is 0 Å². The second kappa shape index (κ2) is 4.38. The van der Waals surface area contributed by atoms with Crippen molar-refractivity contribution >= 4 is 23.1 Å². The van der Waals surface area contributed by atoms with E-state index in [1.54, 1.807) is 0 Å². The van der Waals surface area contributed by atoms with E-state index in [1.807, 2.05) is 0 Å². The predicted octanol–water partition coefficient (Wildman–Crippen LogP) is 0.871. The van der Waals surface area contributed by atoms with E-state index < -0.39 is 54.0 Å². The Morgan fingerprint density at radius 1 is 1.06 bits per heavy atom. The van der Waals surface area contributed by atoms with Crippen molar-refractivity contribution in [2.45, 2.75) is 25.9 Å². The molecule has 1 fully saturated rings. The summed E-state index contributed by atoms with van der Waals surface area (Å²) < 4.78 is 36.3. The van der Waals surface area contributed by atoms with Crippen LogP contribution in [0.1, 0.15) is 19.8 Å². The highest BCUT2D eigenvalue weighted by Gasteiger charge is 2.50. The monoisotopic (exact) mass is 250 g/mol. The third kappa shape index (κ3) is 2.78. The van der Waals surface area contributed by atoms with E-state index in [4.69, 9.17) is 0 Å². The summed E-state index contributed by atoms with van der Waals surface area (Å²) in [6, 6.07) is 0. The fraction of sp³-hybridized carbons (Fsp3) is 0.600. The van der Waals surface area contributed by atoms with Crippen LogP contribution in [0.15, 0.2) is 0 Å². The number of hydrogen-bond donors (Lipinski definition) is 0. The Bertz CT molecular complexity index is 397. The topological polar surface area (TPSA) is 68.3 Å². The zero-order valence-corrected chi connectivity index (χ0v) is 8.84. The van der Waals surface area contributed by atoms with E-state index in [9.17, 15) is 32.3 Å². The van der Waals surface area contributed by atoms with Crippen LogP contribution in [-0.2, 0) is 19.2 Å². The fourth-order valence-corrected chi connectivity index (χ4v) is 1.72. The number of ketones is 4. The number of alkyl halides is 3. The average Bonchev–Trinajstić information content (AvgIpc) is 2.18. The Labute approximate surface area is 94.2 Å². The normalized spacial score (nSPS) is 25.9. The van der Waals surface area contributed by atoms with E-state index >= 15 is 0 Å². The lowest BCUT2D eigenvalue weighted by Crippen LogP contribution is -2.43. The SMILES string of the molecule is CC(=O)C1CC(=O)C(C(=O)C(F)(F)F)CC1=O. The molecule has 1 aliphatic rings. The fourth-order valence-electron chi connectivity index (χ4n) is 1.72. The van der Waals surface area contributed by atoms with Crippen LogP contribution in [0.3, 0.4) is 0 Å². The highest BCUT2D eigenvalue weighted by molar-refractivity contribution is 6.15. The third-order valence-electron chi connectivity index (χ3n) is 2.67. The standard InChI is InChI=1S/C10H9F3O4/c1-4(14)5-2-8(16)6(3-7(5)15)9(17)10(11,12)13/h5-6H,2-3H2,1H3. The van der Waals surface area contributed by atoms with Gasteiger partial charge in [-0.3, -0.25) is 19.2 Å². The van der Waals surface area contributed by atoms with E-state index in [0.29, 0.717) is 0 Å². The molecule has 0 aromatic rings. The number of Topliss-reactive ketones (excluding diaryl/α,β-unsaturated/α-hetero) is 4. The molecule has 7 heteroatoms. The van der Waals surface area contributed by atoms with Gasteiger partial charge in [-0.1, -0.05) is 0 Å². The second-order valence-electron chi connectivity index (χ2n) is 3.92. The van der Waals surface area contributed by atoms with Crippen LogP contribution < -0.4 is 0 Å². The zero-order chi connectivity index (χ0) is 13.4. The molecule has 0 spiro atoms. The first-order valence-corrected chi connectivity index (χ1v) is 4.81. The summed E-state index contributed by atoms with van der Waals surface area (Å²) >= 11 is 0. The smallest absolute Gasteiger partial charge is 0.299 e. The molecular formula is C10H9F3O4. The Hall–Kier alpha value is -1.53. The maximum Gasteiger partial charge on any atom is 0.450 e. The number of halogens is 3. The van der Waals surface area contributed by atoms with Crippen LogP contribution in [0.25, 0.3) is 0 Å². The van der Waals surface area contributed by atoms with Gasteiger partial charge in [0.15, 0.2) is 0 Å². The maximum atomic E-state index is 12.1. The van der Waals surface area contributed by atoms with Gasteiger partial charge in [0.1, 0.15) is 17.3 Å². The zero-order valence-electron chi connectivity index (χ0n) is 8.84. The molecule has 0 radical (unpaired) electrons. The molecule has 0 amide bonds. The summed E-state index contributed by atoms with van der Waals surface area (Å²) in [4.78, 5) is 44.5. The van der Waals surface area contributed by atoms with Crippen molar-refractivity contribution in [3.05, 3.63) is 0 Å². The van der Waals surface area contributed by atoms with Crippen LogP contribution >= 0.6 is 0 Å². The lowest BCUT2D eigenvalue weighted by molar-refractivity contribution is -0.178. The summed E-state index contributed by atoms with van der Waals surface area (Å²) in [5, 5.41) is 0. The minimum absolute atomic E-state index is 0.568. The van der Waals surface area contributed by atoms with Crippen LogP contribution in [0, 0.1) is 11.8 Å². The molecule has 2 atom stereocenters. The molecule has 94 valence electrons. The molecule has 0 heterocycles. The summed E-state index contributed by atoms with van der Waals surface area (Å²) in [5.74, 6) is -7.72. The van der Waals surface area contributed by atoms with Crippen molar-refractivity contribution in [3.8, 4) is 0 Å². The minimum Gasteiger partial charge on any atom is -0.299 e. The third-order valence-corrected chi connectivity index (χ3v) is 2.67. The molecule has 1 saturated carbocycles. The first kappa shape index (κ1) is 13.5. The Kier molecular flexibility index (Phi) is 3.49. The molecule has 1 rings (SSSR count). The summed E-state index contributed by atoms with van der Waals surface area (Å²) in [6.45, 7) is 1.09. The molecule has 0 bridgehead atoms. The number of carbonyl (C=O) groups is 4. The molecule has 0 aromatic carbocycles. The molecule has 0 aliphatic heterocycles. The molecule has 0 saturated heterocycles. The van der Waals surface area contributed by atoms with Gasteiger partial charge in [-0.25, -0.2) is 0 Å². The van der Waals surface area contributed by atoms with Gasteiger partial charge in [0, 0.05) is 12.8 Å². The maximum absolute atomic E-state index is 12.1. The molecule has 0 aromatic heterocycles. The van der Waals surface area contributed by atoms with Gasteiger partial charge < -0.3 is 0 Å². The van der Waals surface area contributed by atoms with Crippen molar-refractivity contribution in [1.29, 1.82) is 0 Å². The Balaban J connectivity index is 2.89. The van der Waals surface area contributed by atoms with E-state index in [2.05, 4.69) is 0 Å². The highest BCUT2D eigenvalue weighted by Crippen LogP contribution is 2.30. The van der Waals surface area contributed by atoms with Gasteiger partial charge in [0.2, 0.25) is 5.78 Å². The summed E-state index contributed by atoms with van der Waals surface area (Å²) in [7, 11) is 0. The minimum atomic E-state index is -5.14. The van der Waals surface area contributed by atoms with Gasteiger partial charge in [-0.05, 0) is 6.92 Å². The van der Waals surface area contributed by atoms with Crippen LogP contribution in [0.2, 0.25) is 0 Å². The Morgan fingerprint density at radius 3 is 1.88 bits per heavy atom. The van der Waals surface area contributed by atoms with Crippen molar-refractivity contribution in [1.82, 2.24) is 0 Å². The van der Waals surface area contributed by atoms with Crippen molar-refractivity contribution < 1.29 is 32.3 Å². The van der Waals surface area contributed by atoms with Gasteiger partial charge in [0.05, 0.1) is 11.8 Å². The second-order valence-corrected chi connectivity index (χ2v) is 3.92. The number of carbonyl (C=O) groups excluding carboxylic acids is 4. The average molecular weight is 250 g/mol.